The summed E-state index contributed by atoms with van der Waals surface area (Å²) in [4.78, 5) is 21.9. The highest BCUT2D eigenvalue weighted by molar-refractivity contribution is 5.85. The number of carbonyl (C=O) groups excluding carboxylic acids is 1. The van der Waals surface area contributed by atoms with E-state index in [9.17, 15) is 4.79 Å². The quantitative estimate of drug-likeness (QED) is 0.751. The SMILES string of the molecule is CCN(CC)CCNc1cc(C)nc(C(=O)OC)n1. The minimum atomic E-state index is -0.518. The van der Waals surface area contributed by atoms with Crippen molar-refractivity contribution in [3.05, 3.63) is 17.6 Å². The van der Waals surface area contributed by atoms with Crippen LogP contribution in [-0.4, -0.2) is 54.1 Å². The Morgan fingerprint density at radius 3 is 2.63 bits per heavy atom. The molecule has 1 heterocycles. The third kappa shape index (κ3) is 4.82. The highest BCUT2D eigenvalue weighted by atomic mass is 16.5. The van der Waals surface area contributed by atoms with E-state index in [4.69, 9.17) is 0 Å². The van der Waals surface area contributed by atoms with Crippen molar-refractivity contribution in [1.82, 2.24) is 14.9 Å². The molecule has 1 aromatic rings. The molecule has 0 amide bonds. The lowest BCUT2D eigenvalue weighted by atomic mass is 10.4. The summed E-state index contributed by atoms with van der Waals surface area (Å²) < 4.78 is 4.62. The van der Waals surface area contributed by atoms with Crippen LogP contribution < -0.4 is 5.32 Å². The predicted molar refractivity (Wildman–Crippen MR) is 74.4 cm³/mol. The van der Waals surface area contributed by atoms with Crippen LogP contribution in [0.2, 0.25) is 0 Å². The summed E-state index contributed by atoms with van der Waals surface area (Å²) in [6.45, 7) is 9.84. The van der Waals surface area contributed by atoms with Crippen LogP contribution in [-0.2, 0) is 4.74 Å². The first-order valence-corrected chi connectivity index (χ1v) is 6.50. The van der Waals surface area contributed by atoms with Crippen LogP contribution >= 0.6 is 0 Å². The number of carbonyl (C=O) groups is 1. The van der Waals surface area contributed by atoms with Gasteiger partial charge >= 0.3 is 5.97 Å². The Balaban J connectivity index is 2.63. The minimum absolute atomic E-state index is 0.0906. The largest absolute Gasteiger partial charge is 0.463 e. The summed E-state index contributed by atoms with van der Waals surface area (Å²) in [6.07, 6.45) is 0. The third-order valence-electron chi connectivity index (χ3n) is 2.85. The molecule has 0 fully saturated rings. The number of hydrogen-bond acceptors (Lipinski definition) is 6. The van der Waals surface area contributed by atoms with Gasteiger partial charge in [0.1, 0.15) is 5.82 Å². The molecule has 0 radical (unpaired) electrons. The van der Waals surface area contributed by atoms with Crippen molar-refractivity contribution in [2.24, 2.45) is 0 Å². The summed E-state index contributed by atoms with van der Waals surface area (Å²) in [5.41, 5.74) is 0.737. The minimum Gasteiger partial charge on any atom is -0.463 e. The van der Waals surface area contributed by atoms with Crippen molar-refractivity contribution in [1.29, 1.82) is 0 Å². The molecule has 6 nitrogen and oxygen atoms in total. The van der Waals surface area contributed by atoms with Gasteiger partial charge < -0.3 is 15.0 Å². The topological polar surface area (TPSA) is 67.4 Å². The van der Waals surface area contributed by atoms with Crippen molar-refractivity contribution >= 4 is 11.8 Å². The Bertz CT molecular complexity index is 419. The van der Waals surface area contributed by atoms with Gasteiger partial charge in [-0.05, 0) is 20.0 Å². The number of ether oxygens (including phenoxy) is 1. The molecule has 106 valence electrons. The van der Waals surface area contributed by atoms with E-state index in [2.05, 4.69) is 38.8 Å². The summed E-state index contributed by atoms with van der Waals surface area (Å²) in [6, 6.07) is 1.81. The van der Waals surface area contributed by atoms with E-state index >= 15 is 0 Å². The molecule has 0 aliphatic carbocycles. The number of hydrogen-bond donors (Lipinski definition) is 1. The lowest BCUT2D eigenvalue weighted by Crippen LogP contribution is -2.28. The lowest BCUT2D eigenvalue weighted by molar-refractivity contribution is 0.0586. The molecule has 0 unspecified atom stereocenters. The smallest absolute Gasteiger partial charge is 0.376 e. The molecule has 0 saturated carbocycles. The fourth-order valence-corrected chi connectivity index (χ4v) is 1.72. The second-order valence-electron chi connectivity index (χ2n) is 4.16. The zero-order valence-corrected chi connectivity index (χ0v) is 12.1. The average molecular weight is 266 g/mol. The Morgan fingerprint density at radius 1 is 1.37 bits per heavy atom. The number of aryl methyl sites for hydroxylation is 1. The fraction of sp³-hybridized carbons (Fsp3) is 0.615. The van der Waals surface area contributed by atoms with Crippen molar-refractivity contribution < 1.29 is 9.53 Å². The second kappa shape index (κ2) is 7.68. The summed E-state index contributed by atoms with van der Waals surface area (Å²) in [7, 11) is 1.32. The maximum absolute atomic E-state index is 11.4. The van der Waals surface area contributed by atoms with Crippen LogP contribution in [0, 0.1) is 6.92 Å². The van der Waals surface area contributed by atoms with E-state index in [0.717, 1.165) is 31.9 Å². The predicted octanol–water partition coefficient (Wildman–Crippen LogP) is 1.33. The van der Waals surface area contributed by atoms with Crippen molar-refractivity contribution in [2.45, 2.75) is 20.8 Å². The zero-order chi connectivity index (χ0) is 14.3. The fourth-order valence-electron chi connectivity index (χ4n) is 1.72. The monoisotopic (exact) mass is 266 g/mol. The molecule has 1 aromatic heterocycles. The van der Waals surface area contributed by atoms with Gasteiger partial charge in [0.05, 0.1) is 7.11 Å². The Morgan fingerprint density at radius 2 is 2.05 bits per heavy atom. The molecule has 0 aliphatic rings. The van der Waals surface area contributed by atoms with E-state index in [1.807, 2.05) is 13.0 Å². The highest BCUT2D eigenvalue weighted by Gasteiger charge is 2.11. The molecule has 0 aliphatic heterocycles. The highest BCUT2D eigenvalue weighted by Crippen LogP contribution is 2.06. The Kier molecular flexibility index (Phi) is 6.21. The van der Waals surface area contributed by atoms with Gasteiger partial charge in [0.25, 0.3) is 0 Å². The number of anilines is 1. The van der Waals surface area contributed by atoms with Crippen LogP contribution in [0.3, 0.4) is 0 Å². The first kappa shape index (κ1) is 15.4. The number of nitrogens with zero attached hydrogens (tertiary/aromatic N) is 3. The standard InChI is InChI=1S/C13H22N4O2/c1-5-17(6-2)8-7-14-11-9-10(3)15-12(16-11)13(18)19-4/h9H,5-8H2,1-4H3,(H,14,15,16). The van der Waals surface area contributed by atoms with Crippen LogP contribution in [0.15, 0.2) is 6.07 Å². The number of esters is 1. The van der Waals surface area contributed by atoms with Gasteiger partial charge in [0, 0.05) is 24.8 Å². The summed E-state index contributed by atoms with van der Waals surface area (Å²) in [5, 5.41) is 3.20. The van der Waals surface area contributed by atoms with Gasteiger partial charge in [-0.3, -0.25) is 0 Å². The van der Waals surface area contributed by atoms with Gasteiger partial charge in [-0.15, -0.1) is 0 Å². The van der Waals surface area contributed by atoms with Gasteiger partial charge in [0.15, 0.2) is 0 Å². The van der Waals surface area contributed by atoms with Gasteiger partial charge in [-0.25, -0.2) is 14.8 Å². The summed E-state index contributed by atoms with van der Waals surface area (Å²) >= 11 is 0. The van der Waals surface area contributed by atoms with Crippen molar-refractivity contribution in [3.8, 4) is 0 Å². The number of likely N-dealkylation sites (N-methyl/N-ethyl adjacent to an activating group) is 1. The molecular weight excluding hydrogens is 244 g/mol. The third-order valence-corrected chi connectivity index (χ3v) is 2.85. The molecule has 0 atom stereocenters. The number of aromatic nitrogens is 2. The first-order valence-electron chi connectivity index (χ1n) is 6.50. The van der Waals surface area contributed by atoms with Crippen LogP contribution in [0.1, 0.15) is 30.2 Å². The summed E-state index contributed by atoms with van der Waals surface area (Å²) in [5.74, 6) is 0.225. The van der Waals surface area contributed by atoms with Crippen LogP contribution in [0.4, 0.5) is 5.82 Å². The average Bonchev–Trinajstić information content (AvgIpc) is 2.42. The molecular formula is C13H22N4O2. The number of rotatable bonds is 7. The number of methoxy groups -OCH3 is 1. The molecule has 0 saturated heterocycles. The van der Waals surface area contributed by atoms with E-state index in [1.54, 1.807) is 0 Å². The van der Waals surface area contributed by atoms with Gasteiger partial charge in [-0.2, -0.15) is 0 Å². The van der Waals surface area contributed by atoms with E-state index in [0.29, 0.717) is 5.82 Å². The first-order chi connectivity index (χ1) is 9.10. The zero-order valence-electron chi connectivity index (χ0n) is 12.1. The van der Waals surface area contributed by atoms with Crippen LogP contribution in [0.25, 0.3) is 0 Å². The van der Waals surface area contributed by atoms with Crippen molar-refractivity contribution in [2.75, 3.05) is 38.6 Å². The van der Waals surface area contributed by atoms with Crippen molar-refractivity contribution in [3.63, 3.8) is 0 Å². The molecule has 19 heavy (non-hydrogen) atoms. The molecule has 0 aromatic carbocycles. The molecule has 6 heteroatoms. The second-order valence-corrected chi connectivity index (χ2v) is 4.16. The Hall–Kier alpha value is -1.69. The van der Waals surface area contributed by atoms with E-state index in [-0.39, 0.29) is 5.82 Å². The maximum atomic E-state index is 11.4. The van der Waals surface area contributed by atoms with Crippen LogP contribution in [0.5, 0.6) is 0 Å². The van der Waals surface area contributed by atoms with Gasteiger partial charge in [-0.1, -0.05) is 13.8 Å². The lowest BCUT2D eigenvalue weighted by Gasteiger charge is -2.18. The maximum Gasteiger partial charge on any atom is 0.376 e. The molecule has 0 bridgehead atoms. The normalized spacial score (nSPS) is 10.6. The molecule has 0 spiro atoms. The van der Waals surface area contributed by atoms with Gasteiger partial charge in [0.2, 0.25) is 5.82 Å². The Labute approximate surface area is 114 Å². The van der Waals surface area contributed by atoms with E-state index in [1.165, 1.54) is 7.11 Å². The number of nitrogens with one attached hydrogen (secondary N) is 1. The molecule has 1 N–H and O–H groups in total. The molecule has 1 rings (SSSR count). The van der Waals surface area contributed by atoms with E-state index < -0.39 is 5.97 Å².